The van der Waals surface area contributed by atoms with Gasteiger partial charge in [-0.05, 0) is 98.8 Å². The maximum atomic E-state index is 13.4. The summed E-state index contributed by atoms with van der Waals surface area (Å²) in [7, 11) is 0. The third-order valence-corrected chi connectivity index (χ3v) is 6.63. The van der Waals surface area contributed by atoms with Crippen LogP contribution in [-0.4, -0.2) is 0 Å². The Morgan fingerprint density at radius 1 is 0.926 bits per heavy atom. The fraction of sp³-hybridized carbons (Fsp3) is 0.609. The van der Waals surface area contributed by atoms with Crippen molar-refractivity contribution in [1.82, 2.24) is 0 Å². The monoisotopic (exact) mass is 375 g/mol. The molecule has 0 saturated heterocycles. The van der Waals surface area contributed by atoms with E-state index in [0.717, 1.165) is 68.8 Å². The van der Waals surface area contributed by atoms with E-state index in [-0.39, 0.29) is 5.92 Å². The normalized spacial score (nSPS) is 29.3. The van der Waals surface area contributed by atoms with Crippen molar-refractivity contribution in [3.05, 3.63) is 47.3 Å². The molecule has 0 aromatic heterocycles. The molecule has 2 saturated carbocycles. The van der Waals surface area contributed by atoms with Crippen LogP contribution in [0.25, 0.3) is 0 Å². The zero-order chi connectivity index (χ0) is 19.2. The number of nitriles is 1. The Morgan fingerprint density at radius 3 is 2.07 bits per heavy atom. The largest absolute Gasteiger partial charge is 0.204 e. The van der Waals surface area contributed by atoms with Crippen LogP contribution in [0.1, 0.15) is 75.7 Å². The lowest BCUT2D eigenvalue weighted by molar-refractivity contribution is 0.245. The summed E-state index contributed by atoms with van der Waals surface area (Å²) in [6.07, 6.45) is 12.6. The van der Waals surface area contributed by atoms with E-state index in [1.807, 2.05) is 0 Å². The summed E-state index contributed by atoms with van der Waals surface area (Å²) in [5.74, 6) is -0.107. The second-order valence-corrected chi connectivity index (χ2v) is 8.38. The average Bonchev–Trinajstić information content (AvgIpc) is 2.70. The molecule has 0 radical (unpaired) electrons. The molecule has 2 aliphatic carbocycles. The fourth-order valence-electron chi connectivity index (χ4n) is 4.91. The van der Waals surface area contributed by atoms with Crippen LogP contribution < -0.4 is 0 Å². The van der Waals surface area contributed by atoms with Gasteiger partial charge in [-0.15, -0.1) is 0 Å². The molecular formula is C23H28F3N. The van der Waals surface area contributed by atoms with Crippen molar-refractivity contribution in [2.24, 2.45) is 17.8 Å². The van der Waals surface area contributed by atoms with Gasteiger partial charge < -0.3 is 0 Å². The molecule has 1 aromatic rings. The smallest absolute Gasteiger partial charge is 0.196 e. The maximum absolute atomic E-state index is 13.4. The minimum atomic E-state index is -0.770. The van der Waals surface area contributed by atoms with Gasteiger partial charge in [0, 0.05) is 0 Å². The molecule has 0 amide bonds. The Kier molecular flexibility index (Phi) is 6.99. The van der Waals surface area contributed by atoms with E-state index >= 15 is 0 Å². The van der Waals surface area contributed by atoms with Gasteiger partial charge in [0.2, 0.25) is 0 Å². The Hall–Kier alpha value is -1.76. The molecule has 4 heteroatoms. The molecule has 1 aromatic carbocycles. The van der Waals surface area contributed by atoms with Gasteiger partial charge in [-0.25, -0.2) is 8.78 Å². The molecule has 0 unspecified atom stereocenters. The van der Waals surface area contributed by atoms with E-state index in [1.165, 1.54) is 31.1 Å². The summed E-state index contributed by atoms with van der Waals surface area (Å²) in [5.41, 5.74) is 0.934. The van der Waals surface area contributed by atoms with Gasteiger partial charge in [-0.3, -0.25) is 0 Å². The highest BCUT2D eigenvalue weighted by molar-refractivity contribution is 5.22. The quantitative estimate of drug-likeness (QED) is 0.499. The lowest BCUT2D eigenvalue weighted by Crippen LogP contribution is -2.17. The van der Waals surface area contributed by atoms with E-state index in [0.29, 0.717) is 5.92 Å². The van der Waals surface area contributed by atoms with Crippen molar-refractivity contribution in [3.63, 3.8) is 0 Å². The second-order valence-electron chi connectivity index (χ2n) is 8.38. The summed E-state index contributed by atoms with van der Waals surface area (Å²) in [5, 5.41) is 8.53. The third kappa shape index (κ3) is 5.61. The maximum Gasteiger partial charge on any atom is 0.196 e. The molecule has 146 valence electrons. The molecule has 1 nitrogen and oxygen atoms in total. The van der Waals surface area contributed by atoms with E-state index in [2.05, 4.69) is 0 Å². The van der Waals surface area contributed by atoms with Crippen molar-refractivity contribution < 1.29 is 13.2 Å². The SMILES string of the molecule is N#CC(F)=C[C@H]1CC[C@H](CC[C@H]2CC[C@H](c3ccc(F)c(F)c3)CC2)CC1. The van der Waals surface area contributed by atoms with Crippen LogP contribution in [0.15, 0.2) is 30.1 Å². The third-order valence-electron chi connectivity index (χ3n) is 6.63. The predicted octanol–water partition coefficient (Wildman–Crippen LogP) is 7.20. The Morgan fingerprint density at radius 2 is 1.52 bits per heavy atom. The van der Waals surface area contributed by atoms with E-state index < -0.39 is 17.5 Å². The van der Waals surface area contributed by atoms with Gasteiger partial charge in [0.1, 0.15) is 6.07 Å². The number of hydrogen-bond donors (Lipinski definition) is 0. The molecule has 0 N–H and O–H groups in total. The zero-order valence-corrected chi connectivity index (χ0v) is 15.8. The van der Waals surface area contributed by atoms with Gasteiger partial charge in [-0.2, -0.15) is 9.65 Å². The van der Waals surface area contributed by atoms with Gasteiger partial charge in [0.25, 0.3) is 0 Å². The number of benzene rings is 1. The Labute approximate surface area is 160 Å². The summed E-state index contributed by atoms with van der Waals surface area (Å²) in [6, 6.07) is 5.90. The van der Waals surface area contributed by atoms with Crippen LogP contribution in [-0.2, 0) is 0 Å². The van der Waals surface area contributed by atoms with E-state index in [1.54, 1.807) is 12.1 Å². The minimum absolute atomic E-state index is 0.229. The fourth-order valence-corrected chi connectivity index (χ4v) is 4.91. The first-order valence-electron chi connectivity index (χ1n) is 10.3. The second kappa shape index (κ2) is 9.44. The van der Waals surface area contributed by atoms with Crippen molar-refractivity contribution >= 4 is 0 Å². The molecule has 0 atom stereocenters. The van der Waals surface area contributed by atoms with Gasteiger partial charge in [0.15, 0.2) is 17.5 Å². The number of allylic oxidation sites excluding steroid dienone is 2. The topological polar surface area (TPSA) is 23.8 Å². The Bertz CT molecular complexity index is 690. The highest BCUT2D eigenvalue weighted by Gasteiger charge is 2.25. The molecule has 2 fully saturated rings. The number of halogens is 3. The standard InChI is InChI=1S/C23H28F3N/c24-21(15-27)13-18-5-3-16(4-6-18)1-2-17-7-9-19(10-8-17)20-11-12-22(25)23(26)14-20/h11-14,16-19H,1-10H2/t16-,17-,18-,19-. The number of nitrogens with zero attached hydrogens (tertiary/aromatic N) is 1. The lowest BCUT2D eigenvalue weighted by Gasteiger charge is -2.31. The van der Waals surface area contributed by atoms with Crippen LogP contribution in [0.3, 0.4) is 0 Å². The van der Waals surface area contributed by atoms with E-state index in [9.17, 15) is 13.2 Å². The highest BCUT2D eigenvalue weighted by Crippen LogP contribution is 2.40. The first-order chi connectivity index (χ1) is 13.0. The summed E-state index contributed by atoms with van der Waals surface area (Å²) >= 11 is 0. The molecule has 3 rings (SSSR count). The van der Waals surface area contributed by atoms with Gasteiger partial charge in [0.05, 0.1) is 0 Å². The number of rotatable bonds is 5. The summed E-state index contributed by atoms with van der Waals surface area (Å²) < 4.78 is 39.6. The van der Waals surface area contributed by atoms with Crippen molar-refractivity contribution in [2.45, 2.75) is 70.1 Å². The molecule has 0 bridgehead atoms. The molecule has 0 aliphatic heterocycles. The Balaban J connectivity index is 1.38. The molecule has 2 aliphatic rings. The van der Waals surface area contributed by atoms with Crippen molar-refractivity contribution in [1.29, 1.82) is 5.26 Å². The van der Waals surface area contributed by atoms with Crippen LogP contribution in [0.5, 0.6) is 0 Å². The minimum Gasteiger partial charge on any atom is -0.204 e. The first kappa shape index (κ1) is 20.0. The first-order valence-corrected chi connectivity index (χ1v) is 10.3. The summed E-state index contributed by atoms with van der Waals surface area (Å²) in [4.78, 5) is 0. The van der Waals surface area contributed by atoms with Crippen molar-refractivity contribution in [2.75, 3.05) is 0 Å². The van der Waals surface area contributed by atoms with Crippen LogP contribution >= 0.6 is 0 Å². The average molecular weight is 375 g/mol. The highest BCUT2D eigenvalue weighted by atomic mass is 19.2. The van der Waals surface area contributed by atoms with E-state index in [4.69, 9.17) is 5.26 Å². The zero-order valence-electron chi connectivity index (χ0n) is 15.8. The van der Waals surface area contributed by atoms with Crippen LogP contribution in [0.2, 0.25) is 0 Å². The van der Waals surface area contributed by atoms with Gasteiger partial charge in [-0.1, -0.05) is 18.9 Å². The number of hydrogen-bond acceptors (Lipinski definition) is 1. The van der Waals surface area contributed by atoms with Gasteiger partial charge >= 0.3 is 0 Å². The summed E-state index contributed by atoms with van der Waals surface area (Å²) in [6.45, 7) is 0. The predicted molar refractivity (Wildman–Crippen MR) is 101 cm³/mol. The molecular weight excluding hydrogens is 347 g/mol. The molecule has 0 heterocycles. The molecule has 0 spiro atoms. The van der Waals surface area contributed by atoms with Crippen molar-refractivity contribution in [3.8, 4) is 6.07 Å². The van der Waals surface area contributed by atoms with Crippen LogP contribution in [0, 0.1) is 40.7 Å². The lowest BCUT2D eigenvalue weighted by atomic mass is 9.74. The molecule has 27 heavy (non-hydrogen) atoms. The van der Waals surface area contributed by atoms with Crippen LogP contribution in [0.4, 0.5) is 13.2 Å².